The van der Waals surface area contributed by atoms with Gasteiger partial charge in [-0.15, -0.1) is 0 Å². The molecular weight excluding hydrogens is 413 g/mol. The fraction of sp³-hybridized carbons (Fsp3) is 0.304. The molecule has 0 bridgehead atoms. The van der Waals surface area contributed by atoms with E-state index in [2.05, 4.69) is 15.0 Å². The third-order valence-electron chi connectivity index (χ3n) is 5.33. The van der Waals surface area contributed by atoms with E-state index in [0.29, 0.717) is 37.8 Å². The average molecular weight is 437 g/mol. The molecule has 0 unspecified atom stereocenters. The van der Waals surface area contributed by atoms with E-state index < -0.39 is 5.82 Å². The van der Waals surface area contributed by atoms with Gasteiger partial charge < -0.3 is 9.64 Å². The third kappa shape index (κ3) is 5.00. The summed E-state index contributed by atoms with van der Waals surface area (Å²) >= 11 is 0. The molecule has 1 aromatic carbocycles. The number of hydrogen-bond acceptors (Lipinski definition) is 6. The predicted molar refractivity (Wildman–Crippen MR) is 115 cm³/mol. The van der Waals surface area contributed by atoms with E-state index in [-0.39, 0.29) is 23.6 Å². The molecule has 3 heterocycles. The Kier molecular flexibility index (Phi) is 6.27. The Labute approximate surface area is 185 Å². The maximum atomic E-state index is 13.0. The molecule has 9 heteroatoms. The monoisotopic (exact) mass is 437 g/mol. The maximum absolute atomic E-state index is 13.0. The topological polar surface area (TPSA) is 80.6 Å². The van der Waals surface area contributed by atoms with Gasteiger partial charge in [-0.1, -0.05) is 12.1 Å². The number of amides is 1. The van der Waals surface area contributed by atoms with Crippen molar-refractivity contribution in [1.29, 1.82) is 0 Å². The summed E-state index contributed by atoms with van der Waals surface area (Å²) in [7, 11) is 0. The van der Waals surface area contributed by atoms with Crippen LogP contribution in [0.15, 0.2) is 54.9 Å². The molecule has 0 spiro atoms. The van der Waals surface area contributed by atoms with E-state index in [4.69, 9.17) is 4.74 Å². The van der Waals surface area contributed by atoms with Gasteiger partial charge in [0.2, 0.25) is 5.88 Å². The number of carbonyl (C=O) groups excluding carboxylic acids is 2. The number of Topliss-reactive ketones (excluding diaryl/α,β-unsaturated/α-hetero) is 1. The van der Waals surface area contributed by atoms with Crippen LogP contribution in [0.5, 0.6) is 11.6 Å². The second kappa shape index (κ2) is 9.27. The van der Waals surface area contributed by atoms with Crippen LogP contribution in [-0.2, 0) is 6.54 Å². The summed E-state index contributed by atoms with van der Waals surface area (Å²) in [5.74, 6) is 0.375. The van der Waals surface area contributed by atoms with Crippen LogP contribution in [0.2, 0.25) is 0 Å². The normalized spacial score (nSPS) is 16.7. The van der Waals surface area contributed by atoms with Crippen LogP contribution in [0.25, 0.3) is 0 Å². The van der Waals surface area contributed by atoms with Gasteiger partial charge >= 0.3 is 6.03 Å². The standard InChI is InChI=1S/C23H24FN5O3/c1-16-14-27(10-11-28(16)23(31)29-9-8-21(26-29)17(2)30)15-18-4-3-5-20(12-18)32-22-7-6-19(24)13-25-22/h3-9,12-13,16H,10-11,14-15H2,1-2H3/t16-/m1/s1. The first-order valence-corrected chi connectivity index (χ1v) is 10.4. The minimum absolute atomic E-state index is 0.0101. The van der Waals surface area contributed by atoms with Crippen LogP contribution >= 0.6 is 0 Å². The largest absolute Gasteiger partial charge is 0.439 e. The molecule has 166 valence electrons. The van der Waals surface area contributed by atoms with Gasteiger partial charge in [-0.05, 0) is 36.8 Å². The average Bonchev–Trinajstić information content (AvgIpc) is 3.26. The van der Waals surface area contributed by atoms with Crippen molar-refractivity contribution in [2.24, 2.45) is 0 Å². The SMILES string of the molecule is CC(=O)c1ccn(C(=O)N2CCN(Cc3cccc(Oc4ccc(F)cn4)c3)C[C@H]2C)n1. The molecule has 2 aromatic heterocycles. The van der Waals surface area contributed by atoms with Crippen LogP contribution in [0.3, 0.4) is 0 Å². The molecular formula is C23H24FN5O3. The molecule has 1 aliphatic rings. The molecule has 3 aromatic rings. The summed E-state index contributed by atoms with van der Waals surface area (Å²) in [5, 5.41) is 4.08. The molecule has 32 heavy (non-hydrogen) atoms. The first-order valence-electron chi connectivity index (χ1n) is 10.4. The van der Waals surface area contributed by atoms with Crippen LogP contribution in [0.4, 0.5) is 9.18 Å². The van der Waals surface area contributed by atoms with Gasteiger partial charge in [-0.2, -0.15) is 9.78 Å². The Bertz CT molecular complexity index is 1110. The van der Waals surface area contributed by atoms with E-state index in [1.165, 1.54) is 29.9 Å². The van der Waals surface area contributed by atoms with Gasteiger partial charge in [-0.25, -0.2) is 14.2 Å². The zero-order chi connectivity index (χ0) is 22.7. The van der Waals surface area contributed by atoms with E-state index in [1.54, 1.807) is 11.0 Å². The smallest absolute Gasteiger partial charge is 0.344 e. The number of ether oxygens (including phenoxy) is 1. The maximum Gasteiger partial charge on any atom is 0.344 e. The van der Waals surface area contributed by atoms with Gasteiger partial charge in [0.15, 0.2) is 5.78 Å². The number of ketones is 1. The van der Waals surface area contributed by atoms with Gasteiger partial charge in [0.05, 0.1) is 6.20 Å². The highest BCUT2D eigenvalue weighted by Gasteiger charge is 2.29. The number of piperazine rings is 1. The van der Waals surface area contributed by atoms with Gasteiger partial charge in [-0.3, -0.25) is 9.69 Å². The Balaban J connectivity index is 1.36. The third-order valence-corrected chi connectivity index (χ3v) is 5.33. The lowest BCUT2D eigenvalue weighted by Gasteiger charge is -2.39. The zero-order valence-electron chi connectivity index (χ0n) is 17.9. The number of aromatic nitrogens is 3. The second-order valence-electron chi connectivity index (χ2n) is 7.83. The van der Waals surface area contributed by atoms with E-state index >= 15 is 0 Å². The first kappa shape index (κ1) is 21.6. The summed E-state index contributed by atoms with van der Waals surface area (Å²) in [4.78, 5) is 32.2. The Morgan fingerprint density at radius 1 is 1.19 bits per heavy atom. The predicted octanol–water partition coefficient (Wildman–Crippen LogP) is 3.59. The summed E-state index contributed by atoms with van der Waals surface area (Å²) in [5.41, 5.74) is 1.34. The number of benzene rings is 1. The minimum atomic E-state index is -0.412. The lowest BCUT2D eigenvalue weighted by molar-refractivity contribution is 0.0964. The first-order chi connectivity index (χ1) is 15.4. The van der Waals surface area contributed by atoms with Gasteiger partial charge in [0, 0.05) is 51.4 Å². The van der Waals surface area contributed by atoms with Crippen molar-refractivity contribution in [3.05, 3.63) is 71.9 Å². The molecule has 8 nitrogen and oxygen atoms in total. The molecule has 4 rings (SSSR count). The van der Waals surface area contributed by atoms with Crippen molar-refractivity contribution < 1.29 is 18.7 Å². The highest BCUT2D eigenvalue weighted by Crippen LogP contribution is 2.22. The number of halogens is 1. The van der Waals surface area contributed by atoms with Crippen molar-refractivity contribution in [3.8, 4) is 11.6 Å². The van der Waals surface area contributed by atoms with Crippen molar-refractivity contribution in [2.45, 2.75) is 26.4 Å². The number of hydrogen-bond donors (Lipinski definition) is 0. The fourth-order valence-corrected chi connectivity index (χ4v) is 3.72. The fourth-order valence-electron chi connectivity index (χ4n) is 3.72. The van der Waals surface area contributed by atoms with Crippen molar-refractivity contribution in [2.75, 3.05) is 19.6 Å². The van der Waals surface area contributed by atoms with E-state index in [0.717, 1.165) is 11.8 Å². The molecule has 1 atom stereocenters. The molecule has 1 fully saturated rings. The number of pyridine rings is 1. The van der Waals surface area contributed by atoms with Crippen LogP contribution < -0.4 is 4.74 Å². The van der Waals surface area contributed by atoms with Crippen molar-refractivity contribution >= 4 is 11.8 Å². The molecule has 0 aliphatic carbocycles. The minimum Gasteiger partial charge on any atom is -0.439 e. The highest BCUT2D eigenvalue weighted by molar-refractivity contribution is 5.92. The van der Waals surface area contributed by atoms with Crippen LogP contribution in [0, 0.1) is 5.82 Å². The zero-order valence-corrected chi connectivity index (χ0v) is 17.9. The quantitative estimate of drug-likeness (QED) is 0.568. The Morgan fingerprint density at radius 3 is 2.72 bits per heavy atom. The number of rotatable bonds is 5. The molecule has 1 aliphatic heterocycles. The van der Waals surface area contributed by atoms with E-state index in [9.17, 15) is 14.0 Å². The molecule has 0 saturated carbocycles. The van der Waals surface area contributed by atoms with Crippen molar-refractivity contribution in [3.63, 3.8) is 0 Å². The molecule has 1 amide bonds. The number of carbonyl (C=O) groups is 2. The van der Waals surface area contributed by atoms with Crippen LogP contribution in [-0.4, -0.2) is 62.1 Å². The molecule has 0 N–H and O–H groups in total. The summed E-state index contributed by atoms with van der Waals surface area (Å²) in [6, 6.07) is 11.8. The Morgan fingerprint density at radius 2 is 2.03 bits per heavy atom. The molecule has 1 saturated heterocycles. The molecule has 0 radical (unpaired) electrons. The van der Waals surface area contributed by atoms with Crippen molar-refractivity contribution in [1.82, 2.24) is 24.6 Å². The second-order valence-corrected chi connectivity index (χ2v) is 7.83. The number of nitrogens with zero attached hydrogens (tertiary/aromatic N) is 5. The lowest BCUT2D eigenvalue weighted by atomic mass is 10.1. The summed E-state index contributed by atoms with van der Waals surface area (Å²) < 4.78 is 20.0. The highest BCUT2D eigenvalue weighted by atomic mass is 19.1. The summed E-state index contributed by atoms with van der Waals surface area (Å²) in [6.45, 7) is 6.11. The van der Waals surface area contributed by atoms with Gasteiger partial charge in [0.25, 0.3) is 0 Å². The van der Waals surface area contributed by atoms with E-state index in [1.807, 2.05) is 31.2 Å². The lowest BCUT2D eigenvalue weighted by Crippen LogP contribution is -2.54. The summed E-state index contributed by atoms with van der Waals surface area (Å²) in [6.07, 6.45) is 2.64. The van der Waals surface area contributed by atoms with Crippen LogP contribution in [0.1, 0.15) is 29.9 Å². The Hall–Kier alpha value is -3.59. The van der Waals surface area contributed by atoms with Gasteiger partial charge in [0.1, 0.15) is 17.3 Å².